The first kappa shape index (κ1) is 10.4. The van der Waals surface area contributed by atoms with Crippen LogP contribution < -0.4 is 5.32 Å². The van der Waals surface area contributed by atoms with Crippen LogP contribution in [-0.4, -0.2) is 31.0 Å². The summed E-state index contributed by atoms with van der Waals surface area (Å²) in [6, 6.07) is 1.63. The van der Waals surface area contributed by atoms with Gasteiger partial charge >= 0.3 is 0 Å². The van der Waals surface area contributed by atoms with Gasteiger partial charge in [0.1, 0.15) is 18.1 Å². The number of aromatic nitrogens is 5. The van der Waals surface area contributed by atoms with E-state index in [4.69, 9.17) is 0 Å². The molecule has 0 atom stereocenters. The molecule has 0 unspecified atom stereocenters. The van der Waals surface area contributed by atoms with Crippen LogP contribution in [0.3, 0.4) is 0 Å². The number of H-pyrrole nitrogens is 1. The Morgan fingerprint density at radius 3 is 3.17 bits per heavy atom. The Labute approximate surface area is 100 Å². The molecule has 3 heterocycles. The van der Waals surface area contributed by atoms with Crippen molar-refractivity contribution in [1.82, 2.24) is 25.1 Å². The van der Waals surface area contributed by atoms with E-state index in [0.717, 1.165) is 0 Å². The fourth-order valence-electron chi connectivity index (χ4n) is 1.53. The number of aromatic amines is 1. The number of anilines is 1. The van der Waals surface area contributed by atoms with Crippen LogP contribution in [0.15, 0.2) is 29.5 Å². The van der Waals surface area contributed by atoms with Gasteiger partial charge in [0.05, 0.1) is 18.4 Å². The van der Waals surface area contributed by atoms with Gasteiger partial charge in [-0.05, 0) is 0 Å². The van der Waals surface area contributed by atoms with Crippen molar-refractivity contribution in [2.45, 2.75) is 6.42 Å². The second kappa shape index (κ2) is 4.24. The number of carbonyl (C=O) groups excluding carboxylic acids is 1. The zero-order chi connectivity index (χ0) is 12.4. The average molecular weight is 244 g/mol. The highest BCUT2D eigenvalue weighted by molar-refractivity contribution is 5.97. The van der Waals surface area contributed by atoms with Crippen molar-refractivity contribution in [3.8, 4) is 0 Å². The molecular weight excluding hydrogens is 236 g/mol. The molecule has 0 aliphatic heterocycles. The molecule has 0 bridgehead atoms. The Balaban J connectivity index is 1.80. The minimum Gasteiger partial charge on any atom is -0.364 e. The summed E-state index contributed by atoms with van der Waals surface area (Å²) < 4.78 is 4.65. The lowest BCUT2D eigenvalue weighted by Gasteiger charge is -2.02. The highest BCUT2D eigenvalue weighted by atomic mass is 16.5. The van der Waals surface area contributed by atoms with E-state index in [1.807, 2.05) is 0 Å². The van der Waals surface area contributed by atoms with Crippen LogP contribution in [-0.2, 0) is 11.2 Å². The highest BCUT2D eigenvalue weighted by Gasteiger charge is 2.11. The lowest BCUT2D eigenvalue weighted by atomic mass is 10.3. The molecule has 1 amide bonds. The first-order chi connectivity index (χ1) is 8.83. The van der Waals surface area contributed by atoms with Gasteiger partial charge in [-0.25, -0.2) is 15.0 Å². The van der Waals surface area contributed by atoms with E-state index in [2.05, 4.69) is 34.9 Å². The minimum atomic E-state index is -0.237. The molecule has 0 spiro atoms. The molecular formula is C10H8N6O2. The van der Waals surface area contributed by atoms with Crippen LogP contribution >= 0.6 is 0 Å². The van der Waals surface area contributed by atoms with Crippen molar-refractivity contribution >= 4 is 22.9 Å². The molecule has 0 aromatic carbocycles. The maximum Gasteiger partial charge on any atom is 0.231 e. The van der Waals surface area contributed by atoms with Gasteiger partial charge < -0.3 is 14.8 Å². The van der Waals surface area contributed by atoms with E-state index in [9.17, 15) is 4.79 Å². The van der Waals surface area contributed by atoms with Crippen molar-refractivity contribution in [3.05, 3.63) is 30.7 Å². The van der Waals surface area contributed by atoms with Gasteiger partial charge in [-0.3, -0.25) is 4.79 Å². The van der Waals surface area contributed by atoms with E-state index in [1.54, 1.807) is 6.07 Å². The summed E-state index contributed by atoms with van der Waals surface area (Å²) in [4.78, 5) is 26.5. The average Bonchev–Trinajstić information content (AvgIpc) is 2.99. The van der Waals surface area contributed by atoms with Crippen molar-refractivity contribution in [3.63, 3.8) is 0 Å². The monoisotopic (exact) mass is 244 g/mol. The minimum absolute atomic E-state index is 0.121. The molecule has 0 aliphatic carbocycles. The van der Waals surface area contributed by atoms with E-state index in [-0.39, 0.29) is 12.3 Å². The number of hydrogen-bond donors (Lipinski definition) is 2. The highest BCUT2D eigenvalue weighted by Crippen LogP contribution is 2.14. The molecule has 3 aromatic rings. The number of fused-ring (bicyclic) bond motifs is 1. The summed E-state index contributed by atoms with van der Waals surface area (Å²) >= 11 is 0. The third-order valence-corrected chi connectivity index (χ3v) is 2.31. The fourth-order valence-corrected chi connectivity index (χ4v) is 1.53. The van der Waals surface area contributed by atoms with Gasteiger partial charge in [-0.15, -0.1) is 0 Å². The Morgan fingerprint density at radius 1 is 1.39 bits per heavy atom. The predicted molar refractivity (Wildman–Crippen MR) is 60.5 cm³/mol. The number of carbonyl (C=O) groups is 1. The normalized spacial score (nSPS) is 10.7. The van der Waals surface area contributed by atoms with Crippen molar-refractivity contribution < 1.29 is 9.32 Å². The van der Waals surface area contributed by atoms with Gasteiger partial charge in [0.15, 0.2) is 11.5 Å². The van der Waals surface area contributed by atoms with E-state index >= 15 is 0 Å². The molecule has 8 nitrogen and oxygen atoms in total. The first-order valence-corrected chi connectivity index (χ1v) is 5.16. The molecule has 3 aromatic heterocycles. The Hall–Kier alpha value is -2.77. The Bertz CT molecular complexity index is 675. The topological polar surface area (TPSA) is 110 Å². The maximum atomic E-state index is 11.8. The quantitative estimate of drug-likeness (QED) is 0.695. The molecule has 0 saturated heterocycles. The second-order valence-electron chi connectivity index (χ2n) is 3.54. The SMILES string of the molecule is O=C(Cc1ccon1)Nc1ncnc2nc[nH]c12. The summed E-state index contributed by atoms with van der Waals surface area (Å²) in [5.74, 6) is 0.157. The molecule has 0 fully saturated rings. The number of nitrogens with zero attached hydrogens (tertiary/aromatic N) is 4. The smallest absolute Gasteiger partial charge is 0.231 e. The van der Waals surface area contributed by atoms with Crippen molar-refractivity contribution in [2.75, 3.05) is 5.32 Å². The van der Waals surface area contributed by atoms with Crippen LogP contribution in [0.2, 0.25) is 0 Å². The number of hydrogen-bond acceptors (Lipinski definition) is 6. The molecule has 18 heavy (non-hydrogen) atoms. The zero-order valence-corrected chi connectivity index (χ0v) is 9.12. The van der Waals surface area contributed by atoms with E-state index < -0.39 is 0 Å². The lowest BCUT2D eigenvalue weighted by Crippen LogP contribution is -2.15. The summed E-state index contributed by atoms with van der Waals surface area (Å²) in [7, 11) is 0. The zero-order valence-electron chi connectivity index (χ0n) is 9.12. The van der Waals surface area contributed by atoms with Crippen LogP contribution in [0.25, 0.3) is 11.2 Å². The number of nitrogens with one attached hydrogen (secondary N) is 2. The van der Waals surface area contributed by atoms with Gasteiger partial charge in [0.2, 0.25) is 5.91 Å². The number of rotatable bonds is 3. The number of amides is 1. The van der Waals surface area contributed by atoms with Crippen LogP contribution in [0.5, 0.6) is 0 Å². The number of imidazole rings is 1. The third kappa shape index (κ3) is 1.90. The molecule has 2 N–H and O–H groups in total. The molecule has 0 aliphatic rings. The van der Waals surface area contributed by atoms with Crippen molar-refractivity contribution in [2.24, 2.45) is 0 Å². The molecule has 0 radical (unpaired) electrons. The summed E-state index contributed by atoms with van der Waals surface area (Å²) in [6.07, 6.45) is 4.37. The summed E-state index contributed by atoms with van der Waals surface area (Å²) in [5.41, 5.74) is 1.65. The van der Waals surface area contributed by atoms with Gasteiger partial charge in [0.25, 0.3) is 0 Å². The third-order valence-electron chi connectivity index (χ3n) is 2.31. The summed E-state index contributed by atoms with van der Waals surface area (Å²) in [5, 5.41) is 6.33. The van der Waals surface area contributed by atoms with E-state index in [1.165, 1.54) is 18.9 Å². The first-order valence-electron chi connectivity index (χ1n) is 5.16. The van der Waals surface area contributed by atoms with Gasteiger partial charge in [-0.1, -0.05) is 5.16 Å². The van der Waals surface area contributed by atoms with Gasteiger partial charge in [-0.2, -0.15) is 0 Å². The second-order valence-corrected chi connectivity index (χ2v) is 3.54. The van der Waals surface area contributed by atoms with Crippen LogP contribution in [0.1, 0.15) is 5.69 Å². The Morgan fingerprint density at radius 2 is 2.33 bits per heavy atom. The largest absolute Gasteiger partial charge is 0.364 e. The predicted octanol–water partition coefficient (Wildman–Crippen LogP) is 0.522. The maximum absolute atomic E-state index is 11.8. The van der Waals surface area contributed by atoms with E-state index in [0.29, 0.717) is 22.7 Å². The standard InChI is InChI=1S/C10H8N6O2/c17-7(3-6-1-2-18-16-6)15-10-8-9(12-4-11-8)13-5-14-10/h1-2,4-5H,3H2,(H2,11,12,13,14,15,17). The molecule has 0 saturated carbocycles. The van der Waals surface area contributed by atoms with Crippen LogP contribution in [0, 0.1) is 0 Å². The Kier molecular flexibility index (Phi) is 2.45. The molecule has 8 heteroatoms. The van der Waals surface area contributed by atoms with Crippen molar-refractivity contribution in [1.29, 1.82) is 0 Å². The summed E-state index contributed by atoms with van der Waals surface area (Å²) in [6.45, 7) is 0. The fraction of sp³-hybridized carbons (Fsp3) is 0.100. The lowest BCUT2D eigenvalue weighted by molar-refractivity contribution is -0.115. The van der Waals surface area contributed by atoms with Gasteiger partial charge in [0, 0.05) is 6.07 Å². The van der Waals surface area contributed by atoms with Crippen LogP contribution in [0.4, 0.5) is 5.82 Å². The molecule has 90 valence electrons. The molecule has 3 rings (SSSR count).